The first-order chi connectivity index (χ1) is 15.3. The molecule has 168 valence electrons. The van der Waals surface area contributed by atoms with Gasteiger partial charge in [-0.2, -0.15) is 0 Å². The van der Waals surface area contributed by atoms with Crippen molar-refractivity contribution >= 4 is 39.1 Å². The summed E-state index contributed by atoms with van der Waals surface area (Å²) in [7, 11) is -3.56. The second kappa shape index (κ2) is 10.6. The number of thioether (sulfide) groups is 1. The minimum atomic E-state index is -3.56. The Morgan fingerprint density at radius 3 is 2.31 bits per heavy atom. The smallest absolute Gasteiger partial charge is 0.255 e. The fourth-order valence-electron chi connectivity index (χ4n) is 3.19. The van der Waals surface area contributed by atoms with E-state index >= 15 is 0 Å². The molecular weight excluding hydrogens is 444 g/mol. The maximum absolute atomic E-state index is 12.7. The Bertz CT molecular complexity index is 1180. The molecule has 1 N–H and O–H groups in total. The molecule has 3 aromatic carbocycles. The molecule has 0 bridgehead atoms. The largest absolute Gasteiger partial charge is 0.492 e. The van der Waals surface area contributed by atoms with Crippen LogP contribution in [0, 0.1) is 0 Å². The van der Waals surface area contributed by atoms with E-state index in [1.165, 1.54) is 10.6 Å². The summed E-state index contributed by atoms with van der Waals surface area (Å²) in [6, 6.07) is 21.6. The SMILES string of the molecule is CCOc1ccccc1N(Cc1ccc(C(=O)Nc2ccccc2SC)cc1)S(C)(=O)=O. The summed E-state index contributed by atoms with van der Waals surface area (Å²) >= 11 is 1.56. The van der Waals surface area contributed by atoms with Crippen molar-refractivity contribution in [3.63, 3.8) is 0 Å². The van der Waals surface area contributed by atoms with Crippen molar-refractivity contribution in [3.05, 3.63) is 83.9 Å². The van der Waals surface area contributed by atoms with Crippen molar-refractivity contribution in [3.8, 4) is 5.75 Å². The van der Waals surface area contributed by atoms with Crippen LogP contribution in [0.3, 0.4) is 0 Å². The predicted molar refractivity (Wildman–Crippen MR) is 131 cm³/mol. The zero-order valence-corrected chi connectivity index (χ0v) is 19.9. The third-order valence-corrected chi connectivity index (χ3v) is 6.65. The molecule has 3 rings (SSSR count). The van der Waals surface area contributed by atoms with Crippen LogP contribution in [0.1, 0.15) is 22.8 Å². The van der Waals surface area contributed by atoms with E-state index in [2.05, 4.69) is 5.32 Å². The Morgan fingerprint density at radius 2 is 1.66 bits per heavy atom. The number of amides is 1. The van der Waals surface area contributed by atoms with Crippen LogP contribution in [0.5, 0.6) is 5.75 Å². The maximum Gasteiger partial charge on any atom is 0.255 e. The third-order valence-electron chi connectivity index (χ3n) is 4.73. The summed E-state index contributed by atoms with van der Waals surface area (Å²) in [5.74, 6) is 0.281. The third kappa shape index (κ3) is 5.83. The van der Waals surface area contributed by atoms with Gasteiger partial charge in [-0.3, -0.25) is 9.10 Å². The number of benzene rings is 3. The van der Waals surface area contributed by atoms with Crippen LogP contribution in [0.2, 0.25) is 0 Å². The molecule has 0 aliphatic carbocycles. The van der Waals surface area contributed by atoms with E-state index in [1.54, 1.807) is 60.3 Å². The Kier molecular flexibility index (Phi) is 7.82. The molecule has 0 fully saturated rings. The number of hydrogen-bond acceptors (Lipinski definition) is 5. The molecule has 6 nitrogen and oxygen atoms in total. The maximum atomic E-state index is 12.7. The number of nitrogens with zero attached hydrogens (tertiary/aromatic N) is 1. The molecule has 32 heavy (non-hydrogen) atoms. The molecule has 0 radical (unpaired) electrons. The number of anilines is 2. The van der Waals surface area contributed by atoms with Crippen molar-refractivity contribution in [1.82, 2.24) is 0 Å². The lowest BCUT2D eigenvalue weighted by molar-refractivity contribution is 0.102. The van der Waals surface area contributed by atoms with Crippen LogP contribution >= 0.6 is 11.8 Å². The van der Waals surface area contributed by atoms with Crippen LogP contribution in [-0.4, -0.2) is 33.4 Å². The van der Waals surface area contributed by atoms with Gasteiger partial charge in [0.15, 0.2) is 0 Å². The van der Waals surface area contributed by atoms with Gasteiger partial charge in [-0.05, 0) is 55.1 Å². The molecule has 1 amide bonds. The van der Waals surface area contributed by atoms with Crippen molar-refractivity contribution in [1.29, 1.82) is 0 Å². The first-order valence-electron chi connectivity index (χ1n) is 10.1. The monoisotopic (exact) mass is 470 g/mol. The van der Waals surface area contributed by atoms with Crippen molar-refractivity contribution in [2.24, 2.45) is 0 Å². The Balaban J connectivity index is 1.81. The zero-order chi connectivity index (χ0) is 23.1. The van der Waals surface area contributed by atoms with Gasteiger partial charge < -0.3 is 10.1 Å². The second-order valence-corrected chi connectivity index (χ2v) is 9.78. The first kappa shape index (κ1) is 23.7. The fraction of sp³-hybridized carbons (Fsp3) is 0.208. The normalized spacial score (nSPS) is 11.1. The zero-order valence-electron chi connectivity index (χ0n) is 18.2. The summed E-state index contributed by atoms with van der Waals surface area (Å²) in [5, 5.41) is 2.93. The topological polar surface area (TPSA) is 75.7 Å². The van der Waals surface area contributed by atoms with Gasteiger partial charge in [0.25, 0.3) is 5.91 Å². The highest BCUT2D eigenvalue weighted by Crippen LogP contribution is 2.31. The minimum absolute atomic E-state index is 0.125. The van der Waals surface area contributed by atoms with Gasteiger partial charge in [0.2, 0.25) is 10.0 Å². The van der Waals surface area contributed by atoms with Gasteiger partial charge in [-0.15, -0.1) is 11.8 Å². The van der Waals surface area contributed by atoms with Gasteiger partial charge >= 0.3 is 0 Å². The second-order valence-electron chi connectivity index (χ2n) is 7.02. The van der Waals surface area contributed by atoms with Crippen LogP contribution < -0.4 is 14.4 Å². The van der Waals surface area contributed by atoms with E-state index in [9.17, 15) is 13.2 Å². The molecule has 0 saturated heterocycles. The summed E-state index contributed by atoms with van der Waals surface area (Å²) in [5.41, 5.74) is 2.48. The van der Waals surface area contributed by atoms with Crippen LogP contribution in [0.4, 0.5) is 11.4 Å². The van der Waals surface area contributed by atoms with Gasteiger partial charge in [0.05, 0.1) is 30.8 Å². The minimum Gasteiger partial charge on any atom is -0.492 e. The van der Waals surface area contributed by atoms with Crippen molar-refractivity contribution in [2.45, 2.75) is 18.4 Å². The molecular formula is C24H26N2O4S2. The number of nitrogens with one attached hydrogen (secondary N) is 1. The lowest BCUT2D eigenvalue weighted by Crippen LogP contribution is -2.29. The number of hydrogen-bond donors (Lipinski definition) is 1. The molecule has 0 saturated carbocycles. The van der Waals surface area contributed by atoms with Crippen LogP contribution in [0.25, 0.3) is 0 Å². The average molecular weight is 471 g/mol. The lowest BCUT2D eigenvalue weighted by Gasteiger charge is -2.24. The molecule has 8 heteroatoms. The van der Waals surface area contributed by atoms with Gasteiger partial charge in [0, 0.05) is 10.5 Å². The number of sulfonamides is 1. The lowest BCUT2D eigenvalue weighted by atomic mass is 10.1. The van der Waals surface area contributed by atoms with Crippen molar-refractivity contribution in [2.75, 3.05) is 28.7 Å². The summed E-state index contributed by atoms with van der Waals surface area (Å²) in [6.45, 7) is 2.40. The Morgan fingerprint density at radius 1 is 1.00 bits per heavy atom. The van der Waals surface area contributed by atoms with E-state index in [0.29, 0.717) is 23.6 Å². The number of ether oxygens (including phenoxy) is 1. The van der Waals surface area contributed by atoms with Crippen molar-refractivity contribution < 1.29 is 17.9 Å². The van der Waals surface area contributed by atoms with Gasteiger partial charge in [0.1, 0.15) is 5.75 Å². The number of para-hydroxylation sites is 3. The van der Waals surface area contributed by atoms with Gasteiger partial charge in [-0.1, -0.05) is 36.4 Å². The van der Waals surface area contributed by atoms with E-state index < -0.39 is 10.0 Å². The fourth-order valence-corrected chi connectivity index (χ4v) is 4.64. The number of carbonyl (C=O) groups excluding carboxylic acids is 1. The van der Waals surface area contributed by atoms with E-state index in [4.69, 9.17) is 4.74 Å². The Labute approximate surface area is 193 Å². The molecule has 0 aliphatic rings. The molecule has 0 heterocycles. The highest BCUT2D eigenvalue weighted by molar-refractivity contribution is 7.98. The highest BCUT2D eigenvalue weighted by atomic mass is 32.2. The van der Waals surface area contributed by atoms with E-state index in [-0.39, 0.29) is 12.5 Å². The first-order valence-corrected chi connectivity index (χ1v) is 13.1. The summed E-state index contributed by atoms with van der Waals surface area (Å²) in [6.07, 6.45) is 3.12. The molecule has 0 atom stereocenters. The molecule has 3 aromatic rings. The predicted octanol–water partition coefficient (Wildman–Crippen LogP) is 5.03. The molecule has 0 aliphatic heterocycles. The van der Waals surface area contributed by atoms with Crippen LogP contribution in [0.15, 0.2) is 77.7 Å². The van der Waals surface area contributed by atoms with E-state index in [0.717, 1.165) is 16.1 Å². The quantitative estimate of drug-likeness (QED) is 0.444. The molecule has 0 unspecified atom stereocenters. The highest BCUT2D eigenvalue weighted by Gasteiger charge is 2.21. The standard InChI is InChI=1S/C24H26N2O4S2/c1-4-30-22-11-7-6-10-21(22)26(32(3,28)29)17-18-13-15-19(16-14-18)24(27)25-20-9-5-8-12-23(20)31-2/h5-16H,4,17H2,1-3H3,(H,25,27). The Hall–Kier alpha value is -2.97. The van der Waals surface area contributed by atoms with Crippen LogP contribution in [-0.2, 0) is 16.6 Å². The summed E-state index contributed by atoms with van der Waals surface area (Å²) < 4.78 is 32.0. The molecule has 0 spiro atoms. The summed E-state index contributed by atoms with van der Waals surface area (Å²) in [4.78, 5) is 13.7. The van der Waals surface area contributed by atoms with Gasteiger partial charge in [-0.25, -0.2) is 8.42 Å². The molecule has 0 aromatic heterocycles. The number of rotatable bonds is 9. The van der Waals surface area contributed by atoms with E-state index in [1.807, 2.05) is 37.4 Å². The number of carbonyl (C=O) groups is 1. The average Bonchev–Trinajstić information content (AvgIpc) is 2.78.